The van der Waals surface area contributed by atoms with E-state index in [1.165, 1.54) is 11.1 Å². The molecule has 0 fully saturated rings. The number of hydrogen-bond donors (Lipinski definition) is 1. The number of nitrogens with two attached hydrogens (primary N) is 1. The molecule has 0 radical (unpaired) electrons. The number of rotatable bonds is 3. The number of amides is 1. The number of fused-ring (bicyclic) bond motifs is 1. The van der Waals surface area contributed by atoms with Gasteiger partial charge in [-0.15, -0.1) is 0 Å². The fourth-order valence-electron chi connectivity index (χ4n) is 3.16. The predicted molar refractivity (Wildman–Crippen MR) is 95.8 cm³/mol. The van der Waals surface area contributed by atoms with Crippen molar-refractivity contribution in [3.8, 4) is 0 Å². The van der Waals surface area contributed by atoms with Crippen LogP contribution in [0, 0.1) is 5.92 Å². The van der Waals surface area contributed by atoms with Crippen LogP contribution in [-0.4, -0.2) is 17.4 Å². The highest BCUT2D eigenvalue weighted by Crippen LogP contribution is 2.28. The Morgan fingerprint density at radius 3 is 2.65 bits per heavy atom. The molecule has 1 aliphatic heterocycles. The minimum Gasteiger partial charge on any atom is -0.338 e. The van der Waals surface area contributed by atoms with Crippen molar-refractivity contribution < 1.29 is 4.79 Å². The minimum absolute atomic E-state index is 0.131. The lowest BCUT2D eigenvalue weighted by molar-refractivity contribution is -0.136. The SMILES string of the molecule is CC(C(=O)N1CCc2c(Br)cccc2C1)C(N)c1ccccc1. The predicted octanol–water partition coefficient (Wildman–Crippen LogP) is 3.67. The number of carbonyl (C=O) groups is 1. The zero-order valence-electron chi connectivity index (χ0n) is 13.2. The van der Waals surface area contributed by atoms with Crippen LogP contribution in [0.25, 0.3) is 0 Å². The fourth-order valence-corrected chi connectivity index (χ4v) is 3.76. The zero-order valence-corrected chi connectivity index (χ0v) is 14.8. The Labute approximate surface area is 145 Å². The molecule has 0 aliphatic carbocycles. The van der Waals surface area contributed by atoms with Gasteiger partial charge in [0.25, 0.3) is 0 Å². The van der Waals surface area contributed by atoms with Crippen molar-refractivity contribution >= 4 is 21.8 Å². The van der Waals surface area contributed by atoms with Gasteiger partial charge in [-0.1, -0.05) is 65.3 Å². The zero-order chi connectivity index (χ0) is 16.4. The molecule has 3 rings (SSSR count). The molecule has 0 aromatic heterocycles. The topological polar surface area (TPSA) is 46.3 Å². The second-order valence-electron chi connectivity index (χ2n) is 6.11. The molecule has 2 atom stereocenters. The molecule has 2 aromatic carbocycles. The molecule has 2 aromatic rings. The van der Waals surface area contributed by atoms with E-state index in [-0.39, 0.29) is 17.9 Å². The van der Waals surface area contributed by atoms with E-state index in [2.05, 4.69) is 28.1 Å². The molecular formula is C19H21BrN2O. The van der Waals surface area contributed by atoms with Gasteiger partial charge in [-0.25, -0.2) is 0 Å². The van der Waals surface area contributed by atoms with Gasteiger partial charge in [0.2, 0.25) is 5.91 Å². The van der Waals surface area contributed by atoms with Gasteiger partial charge < -0.3 is 10.6 Å². The van der Waals surface area contributed by atoms with Crippen LogP contribution in [0.5, 0.6) is 0 Å². The Morgan fingerprint density at radius 2 is 1.91 bits per heavy atom. The third-order valence-electron chi connectivity index (χ3n) is 4.63. The first-order chi connectivity index (χ1) is 11.1. The lowest BCUT2D eigenvalue weighted by Crippen LogP contribution is -2.42. The summed E-state index contributed by atoms with van der Waals surface area (Å²) in [4.78, 5) is 14.8. The Kier molecular flexibility index (Phi) is 4.83. The van der Waals surface area contributed by atoms with E-state index in [0.29, 0.717) is 6.54 Å². The highest BCUT2D eigenvalue weighted by atomic mass is 79.9. The highest BCUT2D eigenvalue weighted by Gasteiger charge is 2.29. The van der Waals surface area contributed by atoms with Gasteiger partial charge in [-0.3, -0.25) is 4.79 Å². The van der Waals surface area contributed by atoms with E-state index in [1.54, 1.807) is 0 Å². The fraction of sp³-hybridized carbons (Fsp3) is 0.316. The van der Waals surface area contributed by atoms with Crippen LogP contribution < -0.4 is 5.73 Å². The minimum atomic E-state index is -0.271. The molecule has 120 valence electrons. The van der Waals surface area contributed by atoms with E-state index in [1.807, 2.05) is 48.2 Å². The standard InChI is InChI=1S/C19H21BrN2O/c1-13(18(21)14-6-3-2-4-7-14)19(23)22-11-10-16-15(12-22)8-5-9-17(16)20/h2-9,13,18H,10-12,21H2,1H3. The Balaban J connectivity index is 1.74. The van der Waals surface area contributed by atoms with Crippen LogP contribution >= 0.6 is 15.9 Å². The largest absolute Gasteiger partial charge is 0.338 e. The molecule has 0 spiro atoms. The average Bonchev–Trinajstić information content (AvgIpc) is 2.60. The van der Waals surface area contributed by atoms with Gasteiger partial charge >= 0.3 is 0 Å². The molecule has 2 N–H and O–H groups in total. The lowest BCUT2D eigenvalue weighted by Gasteiger charge is -2.33. The van der Waals surface area contributed by atoms with E-state index in [0.717, 1.165) is 23.0 Å². The van der Waals surface area contributed by atoms with E-state index < -0.39 is 0 Å². The molecular weight excluding hydrogens is 352 g/mol. The summed E-state index contributed by atoms with van der Waals surface area (Å²) in [6.45, 7) is 3.34. The van der Waals surface area contributed by atoms with Gasteiger partial charge in [0.05, 0.1) is 5.92 Å². The Morgan fingerprint density at radius 1 is 1.17 bits per heavy atom. The van der Waals surface area contributed by atoms with E-state index in [4.69, 9.17) is 5.73 Å². The van der Waals surface area contributed by atoms with Gasteiger partial charge in [0, 0.05) is 23.6 Å². The second kappa shape index (κ2) is 6.85. The summed E-state index contributed by atoms with van der Waals surface area (Å²) >= 11 is 3.60. The first-order valence-corrected chi connectivity index (χ1v) is 8.73. The van der Waals surface area contributed by atoms with Gasteiger partial charge in [0.1, 0.15) is 0 Å². The third kappa shape index (κ3) is 3.33. The van der Waals surface area contributed by atoms with Gasteiger partial charge in [0.15, 0.2) is 0 Å². The number of carbonyl (C=O) groups excluding carboxylic acids is 1. The monoisotopic (exact) mass is 372 g/mol. The average molecular weight is 373 g/mol. The van der Waals surface area contributed by atoms with Gasteiger partial charge in [-0.05, 0) is 29.2 Å². The Hall–Kier alpha value is -1.65. The van der Waals surface area contributed by atoms with Crippen LogP contribution in [0.3, 0.4) is 0 Å². The summed E-state index contributed by atoms with van der Waals surface area (Å²) in [5.74, 6) is -0.0990. The summed E-state index contributed by atoms with van der Waals surface area (Å²) in [7, 11) is 0. The number of nitrogens with zero attached hydrogens (tertiary/aromatic N) is 1. The number of hydrogen-bond acceptors (Lipinski definition) is 2. The third-order valence-corrected chi connectivity index (χ3v) is 5.38. The molecule has 0 saturated carbocycles. The van der Waals surface area contributed by atoms with Crippen molar-refractivity contribution in [2.75, 3.05) is 6.54 Å². The van der Waals surface area contributed by atoms with Crippen LogP contribution in [-0.2, 0) is 17.8 Å². The Bertz CT molecular complexity index is 702. The first kappa shape index (κ1) is 16.2. The van der Waals surface area contributed by atoms with Crippen molar-refractivity contribution in [1.29, 1.82) is 0 Å². The van der Waals surface area contributed by atoms with E-state index >= 15 is 0 Å². The highest BCUT2D eigenvalue weighted by molar-refractivity contribution is 9.10. The van der Waals surface area contributed by atoms with Crippen LogP contribution in [0.15, 0.2) is 53.0 Å². The maximum absolute atomic E-state index is 12.8. The summed E-state index contributed by atoms with van der Waals surface area (Å²) in [5.41, 5.74) is 9.86. The molecule has 23 heavy (non-hydrogen) atoms. The molecule has 3 nitrogen and oxygen atoms in total. The summed E-state index contributed by atoms with van der Waals surface area (Å²) in [6, 6.07) is 15.8. The molecule has 0 saturated heterocycles. The van der Waals surface area contributed by atoms with Crippen molar-refractivity contribution in [2.24, 2.45) is 11.7 Å². The lowest BCUT2D eigenvalue weighted by atomic mass is 9.92. The molecule has 1 amide bonds. The summed E-state index contributed by atoms with van der Waals surface area (Å²) in [6.07, 6.45) is 0.885. The second-order valence-corrected chi connectivity index (χ2v) is 6.97. The maximum atomic E-state index is 12.8. The van der Waals surface area contributed by atoms with Crippen molar-refractivity contribution in [2.45, 2.75) is 25.9 Å². The van der Waals surface area contributed by atoms with E-state index in [9.17, 15) is 4.79 Å². The molecule has 1 aliphatic rings. The molecule has 0 bridgehead atoms. The van der Waals surface area contributed by atoms with Gasteiger partial charge in [-0.2, -0.15) is 0 Å². The molecule has 1 heterocycles. The van der Waals surface area contributed by atoms with Crippen molar-refractivity contribution in [1.82, 2.24) is 4.90 Å². The van der Waals surface area contributed by atoms with Crippen LogP contribution in [0.1, 0.15) is 29.7 Å². The number of benzene rings is 2. The number of halogens is 1. The quantitative estimate of drug-likeness (QED) is 0.893. The summed E-state index contributed by atoms with van der Waals surface area (Å²) in [5, 5.41) is 0. The van der Waals surface area contributed by atoms with Crippen molar-refractivity contribution in [3.63, 3.8) is 0 Å². The van der Waals surface area contributed by atoms with Crippen molar-refractivity contribution in [3.05, 3.63) is 69.7 Å². The normalized spacial score (nSPS) is 16.6. The van der Waals surface area contributed by atoms with Crippen LogP contribution in [0.2, 0.25) is 0 Å². The molecule has 2 unspecified atom stereocenters. The molecule has 4 heteroatoms. The van der Waals surface area contributed by atoms with Crippen LogP contribution in [0.4, 0.5) is 0 Å². The smallest absolute Gasteiger partial charge is 0.227 e. The first-order valence-electron chi connectivity index (χ1n) is 7.93. The maximum Gasteiger partial charge on any atom is 0.227 e. The summed E-state index contributed by atoms with van der Waals surface area (Å²) < 4.78 is 1.14.